The Hall–Kier alpha value is -0.570. The van der Waals surface area contributed by atoms with Crippen molar-refractivity contribution in [3.8, 4) is 0 Å². The first-order chi connectivity index (χ1) is 9.69. The summed E-state index contributed by atoms with van der Waals surface area (Å²) < 4.78 is 0. The molecule has 0 aromatic carbocycles. The van der Waals surface area contributed by atoms with E-state index >= 15 is 0 Å². The first-order valence-electron chi connectivity index (χ1n) is 8.67. The highest BCUT2D eigenvalue weighted by molar-refractivity contribution is 5.80. The maximum atomic E-state index is 12.7. The summed E-state index contributed by atoms with van der Waals surface area (Å²) in [5.74, 6) is 3.90. The van der Waals surface area contributed by atoms with Gasteiger partial charge in [-0.05, 0) is 81.5 Å². The summed E-state index contributed by atoms with van der Waals surface area (Å²) >= 11 is 0. The number of carbonyl (C=O) groups excluding carboxylic acids is 1. The Morgan fingerprint density at radius 3 is 1.95 bits per heavy atom. The van der Waals surface area contributed by atoms with Crippen LogP contribution < -0.4 is 5.32 Å². The molecule has 5 aliphatic rings. The van der Waals surface area contributed by atoms with E-state index in [0.717, 1.165) is 37.5 Å². The molecule has 1 amide bonds. The predicted molar refractivity (Wildman–Crippen MR) is 76.9 cm³/mol. The number of amides is 1. The number of aliphatic hydroxyl groups excluding tert-OH is 1. The van der Waals surface area contributed by atoms with Crippen LogP contribution in [-0.2, 0) is 4.79 Å². The summed E-state index contributed by atoms with van der Waals surface area (Å²) in [6.45, 7) is 0. The van der Waals surface area contributed by atoms with Gasteiger partial charge >= 0.3 is 0 Å². The Labute approximate surface area is 121 Å². The first-order valence-corrected chi connectivity index (χ1v) is 8.67. The molecule has 5 fully saturated rings. The molecule has 3 heteroatoms. The third-order valence-corrected chi connectivity index (χ3v) is 6.57. The van der Waals surface area contributed by atoms with Gasteiger partial charge in [-0.15, -0.1) is 0 Å². The number of rotatable bonds is 2. The van der Waals surface area contributed by atoms with Crippen molar-refractivity contribution in [1.29, 1.82) is 0 Å². The molecule has 5 aliphatic carbocycles. The van der Waals surface area contributed by atoms with E-state index in [1.165, 1.54) is 32.1 Å². The number of hydrogen-bond donors (Lipinski definition) is 2. The minimum absolute atomic E-state index is 0.135. The molecule has 0 aromatic rings. The van der Waals surface area contributed by atoms with Crippen molar-refractivity contribution in [2.45, 2.75) is 69.9 Å². The first kappa shape index (κ1) is 13.1. The van der Waals surface area contributed by atoms with Crippen LogP contribution in [0.1, 0.15) is 57.8 Å². The van der Waals surface area contributed by atoms with Crippen molar-refractivity contribution >= 4 is 5.91 Å². The molecular weight excluding hydrogens is 250 g/mol. The van der Waals surface area contributed by atoms with E-state index in [1.54, 1.807) is 0 Å². The second kappa shape index (κ2) is 5.01. The van der Waals surface area contributed by atoms with Crippen LogP contribution in [0.15, 0.2) is 0 Å². The van der Waals surface area contributed by atoms with Gasteiger partial charge in [0.05, 0.1) is 6.10 Å². The van der Waals surface area contributed by atoms with Crippen molar-refractivity contribution in [3.63, 3.8) is 0 Å². The van der Waals surface area contributed by atoms with E-state index in [4.69, 9.17) is 0 Å². The molecule has 0 atom stereocenters. The quantitative estimate of drug-likeness (QED) is 0.814. The maximum Gasteiger partial charge on any atom is 0.223 e. The molecule has 0 spiro atoms. The highest BCUT2D eigenvalue weighted by atomic mass is 16.3. The van der Waals surface area contributed by atoms with Crippen LogP contribution in [0.3, 0.4) is 0 Å². The molecule has 2 N–H and O–H groups in total. The molecule has 0 aliphatic heterocycles. The highest BCUT2D eigenvalue weighted by Gasteiger charge is 2.50. The lowest BCUT2D eigenvalue weighted by Gasteiger charge is -2.53. The van der Waals surface area contributed by atoms with Crippen LogP contribution in [0, 0.1) is 29.6 Å². The number of nitrogens with one attached hydrogen (secondary N) is 1. The van der Waals surface area contributed by atoms with Crippen molar-refractivity contribution in [3.05, 3.63) is 0 Å². The lowest BCUT2D eigenvalue weighted by molar-refractivity contribution is -0.139. The summed E-state index contributed by atoms with van der Waals surface area (Å²) in [5, 5.41) is 12.9. The normalized spacial score (nSPS) is 50.1. The van der Waals surface area contributed by atoms with Gasteiger partial charge in [0.2, 0.25) is 5.91 Å². The molecule has 0 saturated heterocycles. The zero-order chi connectivity index (χ0) is 13.7. The largest absolute Gasteiger partial charge is 0.393 e. The molecule has 4 bridgehead atoms. The second-order valence-electron chi connectivity index (χ2n) is 7.97. The maximum absolute atomic E-state index is 12.7. The minimum atomic E-state index is -0.135. The Balaban J connectivity index is 1.39. The van der Waals surface area contributed by atoms with Crippen LogP contribution >= 0.6 is 0 Å². The fourth-order valence-electron chi connectivity index (χ4n) is 5.87. The fraction of sp³-hybridized carbons (Fsp3) is 0.941. The van der Waals surface area contributed by atoms with E-state index in [0.29, 0.717) is 29.7 Å². The van der Waals surface area contributed by atoms with Crippen molar-refractivity contribution < 1.29 is 9.90 Å². The van der Waals surface area contributed by atoms with Gasteiger partial charge in [0.15, 0.2) is 0 Å². The van der Waals surface area contributed by atoms with Crippen molar-refractivity contribution in [1.82, 2.24) is 5.32 Å². The highest BCUT2D eigenvalue weighted by Crippen LogP contribution is 2.56. The van der Waals surface area contributed by atoms with Gasteiger partial charge in [-0.1, -0.05) is 0 Å². The van der Waals surface area contributed by atoms with E-state index < -0.39 is 0 Å². The summed E-state index contributed by atoms with van der Waals surface area (Å²) in [6.07, 6.45) is 10.2. The van der Waals surface area contributed by atoms with Gasteiger partial charge in [0.1, 0.15) is 0 Å². The van der Waals surface area contributed by atoms with E-state index in [-0.39, 0.29) is 6.10 Å². The second-order valence-corrected chi connectivity index (χ2v) is 7.97. The van der Waals surface area contributed by atoms with Crippen LogP contribution in [0.4, 0.5) is 0 Å². The molecule has 5 rings (SSSR count). The monoisotopic (exact) mass is 277 g/mol. The van der Waals surface area contributed by atoms with Gasteiger partial charge in [-0.3, -0.25) is 4.79 Å². The minimum Gasteiger partial charge on any atom is -0.393 e. The zero-order valence-electron chi connectivity index (χ0n) is 12.3. The van der Waals surface area contributed by atoms with Gasteiger partial charge in [-0.2, -0.15) is 0 Å². The van der Waals surface area contributed by atoms with Crippen LogP contribution in [0.2, 0.25) is 0 Å². The Bertz CT molecular complexity index is 358. The predicted octanol–water partition coefficient (Wildman–Crippen LogP) is 2.48. The fourth-order valence-corrected chi connectivity index (χ4v) is 5.87. The topological polar surface area (TPSA) is 49.3 Å². The number of carbonyl (C=O) groups is 1. The molecular formula is C17H27NO2. The lowest BCUT2D eigenvalue weighted by atomic mass is 9.51. The van der Waals surface area contributed by atoms with Crippen LogP contribution in [0.25, 0.3) is 0 Å². The SMILES string of the molecule is O=C(NC1CCC(O)CC1)C1C2CC3CC(C2)CC1C3. The lowest BCUT2D eigenvalue weighted by Crippen LogP contribution is -2.53. The molecule has 3 nitrogen and oxygen atoms in total. The zero-order valence-corrected chi connectivity index (χ0v) is 12.3. The van der Waals surface area contributed by atoms with E-state index in [9.17, 15) is 9.90 Å². The number of aliphatic hydroxyl groups is 1. The Morgan fingerprint density at radius 2 is 1.40 bits per heavy atom. The molecule has 0 radical (unpaired) electrons. The van der Waals surface area contributed by atoms with Crippen LogP contribution in [-0.4, -0.2) is 23.2 Å². The summed E-state index contributed by atoms with van der Waals surface area (Å²) in [5.41, 5.74) is 0. The van der Waals surface area contributed by atoms with Crippen molar-refractivity contribution in [2.24, 2.45) is 29.6 Å². The van der Waals surface area contributed by atoms with Crippen LogP contribution in [0.5, 0.6) is 0 Å². The molecule has 5 saturated carbocycles. The third kappa shape index (κ3) is 2.28. The molecule has 20 heavy (non-hydrogen) atoms. The smallest absolute Gasteiger partial charge is 0.223 e. The summed E-state index contributed by atoms with van der Waals surface area (Å²) in [6, 6.07) is 0.322. The average molecular weight is 277 g/mol. The summed E-state index contributed by atoms with van der Waals surface area (Å²) in [4.78, 5) is 12.7. The van der Waals surface area contributed by atoms with E-state index in [1.807, 2.05) is 0 Å². The van der Waals surface area contributed by atoms with Gasteiger partial charge in [0.25, 0.3) is 0 Å². The molecule has 112 valence electrons. The Kier molecular flexibility index (Phi) is 3.29. The average Bonchev–Trinajstić information content (AvgIpc) is 2.40. The number of hydrogen-bond acceptors (Lipinski definition) is 2. The molecule has 0 heterocycles. The molecule has 0 unspecified atom stereocenters. The van der Waals surface area contributed by atoms with Gasteiger partial charge in [0, 0.05) is 12.0 Å². The van der Waals surface area contributed by atoms with E-state index in [2.05, 4.69) is 5.32 Å². The van der Waals surface area contributed by atoms with Gasteiger partial charge in [-0.25, -0.2) is 0 Å². The Morgan fingerprint density at radius 1 is 0.850 bits per heavy atom. The third-order valence-electron chi connectivity index (χ3n) is 6.57. The van der Waals surface area contributed by atoms with Crippen molar-refractivity contribution in [2.75, 3.05) is 0 Å². The van der Waals surface area contributed by atoms with Gasteiger partial charge < -0.3 is 10.4 Å². The standard InChI is InChI=1S/C17H27NO2/c19-15-3-1-14(2-4-15)18-17(20)16-12-6-10-5-11(8-12)9-13(16)7-10/h10-16,19H,1-9H2,(H,18,20). The molecule has 0 aromatic heterocycles. The summed E-state index contributed by atoms with van der Waals surface area (Å²) in [7, 11) is 0.